The number of para-hydroxylation sites is 2. The van der Waals surface area contributed by atoms with Crippen molar-refractivity contribution in [1.29, 1.82) is 0 Å². The standard InChI is InChI=1S/C26H27N7O/c1-32-12-14-33(15-13-32)24-16-21-22(27-18-28-25(21)29-19-8-4-2-5-9-19)17-23(24)31-26(34)30-20-10-6-3-7-11-20/h2-11,16-18H,12-15H2,1H3,(H,27,28,29)(H2,30,31,34). The number of nitrogens with zero attached hydrogens (tertiary/aromatic N) is 4. The summed E-state index contributed by atoms with van der Waals surface area (Å²) >= 11 is 0. The number of likely N-dealkylation sites (N-methyl/N-ethyl adjacent to an activating group) is 1. The fourth-order valence-electron chi connectivity index (χ4n) is 4.06. The molecule has 0 bridgehead atoms. The van der Waals surface area contributed by atoms with Crippen molar-refractivity contribution in [1.82, 2.24) is 14.9 Å². The number of carbonyl (C=O) groups is 1. The van der Waals surface area contributed by atoms with Crippen molar-refractivity contribution in [3.05, 3.63) is 79.1 Å². The minimum Gasteiger partial charge on any atom is -0.367 e. The average molecular weight is 454 g/mol. The molecule has 3 N–H and O–H groups in total. The normalized spacial score (nSPS) is 14.1. The fraction of sp³-hybridized carbons (Fsp3) is 0.192. The predicted octanol–water partition coefficient (Wildman–Crippen LogP) is 4.77. The summed E-state index contributed by atoms with van der Waals surface area (Å²) < 4.78 is 0. The van der Waals surface area contributed by atoms with E-state index < -0.39 is 0 Å². The van der Waals surface area contributed by atoms with Gasteiger partial charge in [-0.1, -0.05) is 36.4 Å². The quantitative estimate of drug-likeness (QED) is 0.404. The Balaban J connectivity index is 1.51. The summed E-state index contributed by atoms with van der Waals surface area (Å²) in [6, 6.07) is 23.0. The lowest BCUT2D eigenvalue weighted by atomic mass is 10.1. The molecule has 1 aliphatic heterocycles. The zero-order valence-electron chi connectivity index (χ0n) is 19.0. The number of fused-ring (bicyclic) bond motifs is 1. The van der Waals surface area contributed by atoms with E-state index in [4.69, 9.17) is 0 Å². The van der Waals surface area contributed by atoms with Crippen molar-refractivity contribution >= 4 is 45.5 Å². The number of urea groups is 1. The maximum Gasteiger partial charge on any atom is 0.323 e. The number of hydrogen-bond acceptors (Lipinski definition) is 6. The Morgan fingerprint density at radius 2 is 1.50 bits per heavy atom. The molecule has 3 aromatic carbocycles. The van der Waals surface area contributed by atoms with Crippen LogP contribution in [-0.2, 0) is 0 Å². The van der Waals surface area contributed by atoms with Crippen molar-refractivity contribution < 1.29 is 4.79 Å². The molecular weight excluding hydrogens is 426 g/mol. The van der Waals surface area contributed by atoms with Crippen LogP contribution >= 0.6 is 0 Å². The molecule has 5 rings (SSSR count). The average Bonchev–Trinajstić information content (AvgIpc) is 2.86. The minimum atomic E-state index is -0.294. The molecule has 0 aliphatic carbocycles. The van der Waals surface area contributed by atoms with E-state index in [0.29, 0.717) is 0 Å². The Labute approximate surface area is 198 Å². The van der Waals surface area contributed by atoms with Gasteiger partial charge in [0, 0.05) is 42.9 Å². The van der Waals surface area contributed by atoms with E-state index in [0.717, 1.165) is 65.6 Å². The number of aromatic nitrogens is 2. The second kappa shape index (κ2) is 9.76. The summed E-state index contributed by atoms with van der Waals surface area (Å²) in [5.41, 5.74) is 4.11. The van der Waals surface area contributed by atoms with Crippen molar-refractivity contribution in [3.63, 3.8) is 0 Å². The maximum absolute atomic E-state index is 12.8. The molecule has 2 amide bonds. The fourth-order valence-corrected chi connectivity index (χ4v) is 4.06. The molecule has 2 heterocycles. The first-order valence-corrected chi connectivity index (χ1v) is 11.3. The zero-order chi connectivity index (χ0) is 23.3. The van der Waals surface area contributed by atoms with Crippen LogP contribution in [0.1, 0.15) is 0 Å². The molecular formula is C26H27N7O. The van der Waals surface area contributed by atoms with Crippen LogP contribution in [-0.4, -0.2) is 54.1 Å². The minimum absolute atomic E-state index is 0.294. The summed E-state index contributed by atoms with van der Waals surface area (Å²) in [4.78, 5) is 26.4. The molecule has 1 aliphatic rings. The molecule has 4 aromatic rings. The number of anilines is 5. The number of amides is 2. The predicted molar refractivity (Wildman–Crippen MR) is 138 cm³/mol. The Kier molecular flexibility index (Phi) is 6.22. The Bertz CT molecular complexity index is 1270. The number of nitrogens with one attached hydrogen (secondary N) is 3. The van der Waals surface area contributed by atoms with Crippen LogP contribution < -0.4 is 20.9 Å². The van der Waals surface area contributed by atoms with E-state index in [1.165, 1.54) is 6.33 Å². The molecule has 8 heteroatoms. The van der Waals surface area contributed by atoms with Crippen molar-refractivity contribution in [2.75, 3.05) is 54.1 Å². The largest absolute Gasteiger partial charge is 0.367 e. The highest BCUT2D eigenvalue weighted by Crippen LogP contribution is 2.34. The molecule has 0 spiro atoms. The van der Waals surface area contributed by atoms with Crippen LogP contribution in [0.2, 0.25) is 0 Å². The van der Waals surface area contributed by atoms with Gasteiger partial charge in [-0.25, -0.2) is 14.8 Å². The van der Waals surface area contributed by atoms with Gasteiger partial charge >= 0.3 is 6.03 Å². The molecule has 0 radical (unpaired) electrons. The van der Waals surface area contributed by atoms with Gasteiger partial charge in [0.2, 0.25) is 0 Å². The third-order valence-corrected chi connectivity index (χ3v) is 5.91. The van der Waals surface area contributed by atoms with Gasteiger partial charge in [-0.15, -0.1) is 0 Å². The topological polar surface area (TPSA) is 85.4 Å². The molecule has 1 aromatic heterocycles. The number of piperazine rings is 1. The summed E-state index contributed by atoms with van der Waals surface area (Å²) in [7, 11) is 2.12. The van der Waals surface area contributed by atoms with Crippen molar-refractivity contribution in [3.8, 4) is 0 Å². The third kappa shape index (κ3) is 4.92. The summed E-state index contributed by atoms with van der Waals surface area (Å²) in [6.07, 6.45) is 1.54. The van der Waals surface area contributed by atoms with Crippen molar-refractivity contribution in [2.45, 2.75) is 0 Å². The molecule has 8 nitrogen and oxygen atoms in total. The van der Waals surface area contributed by atoms with E-state index in [2.05, 4.69) is 48.8 Å². The number of benzene rings is 3. The van der Waals surface area contributed by atoms with E-state index in [1.807, 2.05) is 66.7 Å². The van der Waals surface area contributed by atoms with E-state index in [9.17, 15) is 4.79 Å². The molecule has 0 atom stereocenters. The molecule has 34 heavy (non-hydrogen) atoms. The van der Waals surface area contributed by atoms with Crippen LogP contribution in [0, 0.1) is 0 Å². The second-order valence-electron chi connectivity index (χ2n) is 8.34. The first-order chi connectivity index (χ1) is 16.7. The molecule has 1 saturated heterocycles. The third-order valence-electron chi connectivity index (χ3n) is 5.91. The van der Waals surface area contributed by atoms with Crippen LogP contribution in [0.4, 0.5) is 33.4 Å². The highest BCUT2D eigenvalue weighted by atomic mass is 16.2. The van der Waals surface area contributed by atoms with Gasteiger partial charge in [0.15, 0.2) is 0 Å². The number of rotatable bonds is 5. The highest BCUT2D eigenvalue weighted by molar-refractivity contribution is 6.05. The molecule has 0 saturated carbocycles. The Hall–Kier alpha value is -4.17. The summed E-state index contributed by atoms with van der Waals surface area (Å²) in [5.74, 6) is 0.729. The van der Waals surface area contributed by atoms with Gasteiger partial charge in [0.25, 0.3) is 0 Å². The van der Waals surface area contributed by atoms with E-state index in [-0.39, 0.29) is 6.03 Å². The lowest BCUT2D eigenvalue weighted by molar-refractivity contribution is 0.262. The van der Waals surface area contributed by atoms with E-state index in [1.54, 1.807) is 0 Å². The highest BCUT2D eigenvalue weighted by Gasteiger charge is 2.20. The first kappa shape index (κ1) is 21.7. The van der Waals surface area contributed by atoms with Gasteiger partial charge in [-0.05, 0) is 43.4 Å². The lowest BCUT2D eigenvalue weighted by Crippen LogP contribution is -2.44. The van der Waals surface area contributed by atoms with Gasteiger partial charge in [-0.2, -0.15) is 0 Å². The van der Waals surface area contributed by atoms with Gasteiger partial charge in [-0.3, -0.25) is 0 Å². The molecule has 172 valence electrons. The Morgan fingerprint density at radius 3 is 2.21 bits per heavy atom. The monoisotopic (exact) mass is 453 g/mol. The number of hydrogen-bond donors (Lipinski definition) is 3. The van der Waals surface area contributed by atoms with Crippen molar-refractivity contribution in [2.24, 2.45) is 0 Å². The zero-order valence-corrected chi connectivity index (χ0v) is 19.0. The summed E-state index contributed by atoms with van der Waals surface area (Å²) in [6.45, 7) is 3.64. The second-order valence-corrected chi connectivity index (χ2v) is 8.34. The van der Waals surface area contributed by atoms with E-state index >= 15 is 0 Å². The SMILES string of the molecule is CN1CCN(c2cc3c(Nc4ccccc4)ncnc3cc2NC(=O)Nc2ccccc2)CC1. The lowest BCUT2D eigenvalue weighted by Gasteiger charge is -2.35. The maximum atomic E-state index is 12.8. The smallest absolute Gasteiger partial charge is 0.323 e. The van der Waals surface area contributed by atoms with Gasteiger partial charge < -0.3 is 25.8 Å². The molecule has 1 fully saturated rings. The van der Waals surface area contributed by atoms with Crippen LogP contribution in [0.5, 0.6) is 0 Å². The Morgan fingerprint density at radius 1 is 0.824 bits per heavy atom. The van der Waals surface area contributed by atoms with Crippen LogP contribution in [0.3, 0.4) is 0 Å². The van der Waals surface area contributed by atoms with Gasteiger partial charge in [0.05, 0.1) is 16.9 Å². The van der Waals surface area contributed by atoms with Crippen LogP contribution in [0.25, 0.3) is 10.9 Å². The van der Waals surface area contributed by atoms with Crippen LogP contribution in [0.15, 0.2) is 79.1 Å². The molecule has 0 unspecified atom stereocenters. The summed E-state index contributed by atoms with van der Waals surface area (Å²) in [5, 5.41) is 10.2. The first-order valence-electron chi connectivity index (χ1n) is 11.3. The number of carbonyl (C=O) groups excluding carboxylic acids is 1. The van der Waals surface area contributed by atoms with Gasteiger partial charge in [0.1, 0.15) is 12.1 Å².